The molecule has 0 atom stereocenters. The Labute approximate surface area is 124 Å². The Morgan fingerprint density at radius 1 is 1.19 bits per heavy atom. The van der Waals surface area contributed by atoms with Crippen molar-refractivity contribution in [2.24, 2.45) is 0 Å². The number of rotatable bonds is 5. The van der Waals surface area contributed by atoms with Gasteiger partial charge in [0.1, 0.15) is 0 Å². The van der Waals surface area contributed by atoms with Crippen LogP contribution >= 0.6 is 0 Å². The quantitative estimate of drug-likeness (QED) is 0.790. The normalized spacial score (nSPS) is 10.0. The van der Waals surface area contributed by atoms with E-state index in [0.717, 1.165) is 11.3 Å². The topological polar surface area (TPSA) is 51.7 Å². The van der Waals surface area contributed by atoms with E-state index in [0.29, 0.717) is 18.0 Å². The van der Waals surface area contributed by atoms with E-state index in [2.05, 4.69) is 4.98 Å². The molecule has 0 unspecified atom stereocenters. The number of aromatic nitrogens is 1. The molecular formula is C16H18N2O3. The zero-order valence-corrected chi connectivity index (χ0v) is 12.4. The number of benzene rings is 1. The molecule has 0 aliphatic carbocycles. The minimum atomic E-state index is -0.351. The fourth-order valence-electron chi connectivity index (χ4n) is 2.16. The van der Waals surface area contributed by atoms with E-state index in [4.69, 9.17) is 9.47 Å². The largest absolute Gasteiger partial charge is 0.481 e. The second-order valence-corrected chi connectivity index (χ2v) is 4.54. The van der Waals surface area contributed by atoms with Gasteiger partial charge in [0.2, 0.25) is 5.88 Å². The van der Waals surface area contributed by atoms with E-state index in [-0.39, 0.29) is 5.97 Å². The number of hydrogen-bond donors (Lipinski definition) is 0. The number of hydrogen-bond acceptors (Lipinski definition) is 5. The van der Waals surface area contributed by atoms with Gasteiger partial charge in [-0.25, -0.2) is 9.78 Å². The zero-order chi connectivity index (χ0) is 15.2. The number of anilines is 1. The summed E-state index contributed by atoms with van der Waals surface area (Å²) in [7, 11) is 4.88. The van der Waals surface area contributed by atoms with Gasteiger partial charge in [0.15, 0.2) is 0 Å². The average molecular weight is 286 g/mol. The lowest BCUT2D eigenvalue weighted by Crippen LogP contribution is -2.20. The molecule has 0 fully saturated rings. The Balaban J connectivity index is 2.28. The number of esters is 1. The Kier molecular flexibility index (Phi) is 4.77. The number of para-hydroxylation sites is 1. The van der Waals surface area contributed by atoms with Crippen molar-refractivity contribution in [2.75, 3.05) is 26.2 Å². The molecule has 2 aromatic rings. The summed E-state index contributed by atoms with van der Waals surface area (Å²) in [6.07, 6.45) is 1.69. The van der Waals surface area contributed by atoms with Crippen LogP contribution in [0.3, 0.4) is 0 Å². The smallest absolute Gasteiger partial charge is 0.339 e. The first-order valence-corrected chi connectivity index (χ1v) is 6.53. The lowest BCUT2D eigenvalue weighted by Gasteiger charge is -2.22. The second-order valence-electron chi connectivity index (χ2n) is 4.54. The van der Waals surface area contributed by atoms with Gasteiger partial charge in [-0.15, -0.1) is 0 Å². The summed E-state index contributed by atoms with van der Waals surface area (Å²) in [4.78, 5) is 18.0. The van der Waals surface area contributed by atoms with Crippen LogP contribution in [0.25, 0.3) is 0 Å². The maximum absolute atomic E-state index is 11.8. The minimum Gasteiger partial charge on any atom is -0.481 e. The molecule has 0 amide bonds. The van der Waals surface area contributed by atoms with Crippen molar-refractivity contribution in [3.8, 4) is 5.88 Å². The molecule has 0 aliphatic rings. The van der Waals surface area contributed by atoms with Gasteiger partial charge in [0.05, 0.1) is 25.5 Å². The van der Waals surface area contributed by atoms with Gasteiger partial charge in [-0.3, -0.25) is 0 Å². The highest BCUT2D eigenvalue weighted by molar-refractivity contribution is 5.95. The molecule has 1 aromatic heterocycles. The van der Waals surface area contributed by atoms with Gasteiger partial charge in [0, 0.05) is 25.4 Å². The van der Waals surface area contributed by atoms with E-state index < -0.39 is 0 Å². The van der Waals surface area contributed by atoms with Crippen LogP contribution < -0.4 is 9.64 Å². The predicted octanol–water partition coefficient (Wildman–Crippen LogP) is 2.51. The fraction of sp³-hybridized carbons (Fsp3) is 0.250. The molecular weight excluding hydrogens is 268 g/mol. The van der Waals surface area contributed by atoms with Gasteiger partial charge in [0.25, 0.3) is 0 Å². The third-order valence-corrected chi connectivity index (χ3v) is 3.17. The molecule has 1 aromatic carbocycles. The van der Waals surface area contributed by atoms with Crippen molar-refractivity contribution in [3.05, 3.63) is 53.7 Å². The third-order valence-electron chi connectivity index (χ3n) is 3.17. The summed E-state index contributed by atoms with van der Waals surface area (Å²) in [6.45, 7) is 0.574. The highest BCUT2D eigenvalue weighted by Gasteiger charge is 2.15. The second kappa shape index (κ2) is 6.74. The first kappa shape index (κ1) is 14.8. The number of methoxy groups -OCH3 is 2. The number of carbonyl (C=O) groups excluding carboxylic acids is 1. The summed E-state index contributed by atoms with van der Waals surface area (Å²) in [5.74, 6) is 0.232. The van der Waals surface area contributed by atoms with Crippen LogP contribution in [0.4, 0.5) is 5.69 Å². The van der Waals surface area contributed by atoms with Crippen LogP contribution in [0.2, 0.25) is 0 Å². The molecule has 0 saturated heterocycles. The van der Waals surface area contributed by atoms with E-state index >= 15 is 0 Å². The molecule has 0 N–H and O–H groups in total. The Morgan fingerprint density at radius 2 is 1.95 bits per heavy atom. The van der Waals surface area contributed by atoms with E-state index in [1.165, 1.54) is 7.11 Å². The summed E-state index contributed by atoms with van der Waals surface area (Å²) < 4.78 is 10.1. The summed E-state index contributed by atoms with van der Waals surface area (Å²) >= 11 is 0. The highest BCUT2D eigenvalue weighted by atomic mass is 16.5. The Morgan fingerprint density at radius 3 is 2.67 bits per heavy atom. The summed E-state index contributed by atoms with van der Waals surface area (Å²) in [5, 5.41) is 0. The average Bonchev–Trinajstić information content (AvgIpc) is 2.54. The van der Waals surface area contributed by atoms with Gasteiger partial charge >= 0.3 is 5.97 Å². The van der Waals surface area contributed by atoms with Crippen molar-refractivity contribution in [3.63, 3.8) is 0 Å². The zero-order valence-electron chi connectivity index (χ0n) is 12.4. The van der Waals surface area contributed by atoms with Crippen LogP contribution in [-0.2, 0) is 11.3 Å². The lowest BCUT2D eigenvalue weighted by atomic mass is 10.1. The molecule has 1 heterocycles. The Bertz CT molecular complexity index is 628. The number of pyridine rings is 1. The molecule has 0 radical (unpaired) electrons. The van der Waals surface area contributed by atoms with Crippen LogP contribution in [-0.4, -0.2) is 32.2 Å². The van der Waals surface area contributed by atoms with Crippen LogP contribution in [0.15, 0.2) is 42.6 Å². The number of ether oxygens (including phenoxy) is 2. The fourth-order valence-corrected chi connectivity index (χ4v) is 2.16. The molecule has 110 valence electrons. The number of nitrogens with zero attached hydrogens (tertiary/aromatic N) is 2. The van der Waals surface area contributed by atoms with Gasteiger partial charge < -0.3 is 14.4 Å². The monoisotopic (exact) mass is 286 g/mol. The lowest BCUT2D eigenvalue weighted by molar-refractivity contribution is 0.0601. The molecule has 0 aliphatic heterocycles. The third kappa shape index (κ3) is 3.31. The molecule has 21 heavy (non-hydrogen) atoms. The minimum absolute atomic E-state index is 0.351. The SMILES string of the molecule is COC(=O)c1ccccc1N(C)Cc1cccnc1OC. The molecule has 0 saturated carbocycles. The molecule has 0 spiro atoms. The molecule has 2 rings (SSSR count). The van der Waals surface area contributed by atoms with E-state index in [1.807, 2.05) is 42.3 Å². The van der Waals surface area contributed by atoms with Crippen LogP contribution in [0, 0.1) is 0 Å². The summed E-state index contributed by atoms with van der Waals surface area (Å²) in [5.41, 5.74) is 2.28. The van der Waals surface area contributed by atoms with Crippen LogP contribution in [0.1, 0.15) is 15.9 Å². The first-order chi connectivity index (χ1) is 10.2. The van der Waals surface area contributed by atoms with Crippen LogP contribution in [0.5, 0.6) is 5.88 Å². The van der Waals surface area contributed by atoms with Crippen molar-refractivity contribution in [2.45, 2.75) is 6.54 Å². The van der Waals surface area contributed by atoms with E-state index in [1.54, 1.807) is 19.4 Å². The maximum atomic E-state index is 11.8. The van der Waals surface area contributed by atoms with Crippen molar-refractivity contribution < 1.29 is 14.3 Å². The highest BCUT2D eigenvalue weighted by Crippen LogP contribution is 2.24. The van der Waals surface area contributed by atoms with E-state index in [9.17, 15) is 4.79 Å². The predicted molar refractivity (Wildman–Crippen MR) is 80.7 cm³/mol. The van der Waals surface area contributed by atoms with Crippen molar-refractivity contribution in [1.82, 2.24) is 4.98 Å². The Hall–Kier alpha value is -2.56. The van der Waals surface area contributed by atoms with Gasteiger partial charge in [-0.05, 0) is 18.2 Å². The molecule has 5 nitrogen and oxygen atoms in total. The van der Waals surface area contributed by atoms with Crippen molar-refractivity contribution in [1.29, 1.82) is 0 Å². The molecule has 5 heteroatoms. The first-order valence-electron chi connectivity index (χ1n) is 6.53. The number of carbonyl (C=O) groups is 1. The standard InChI is InChI=1S/C16H18N2O3/c1-18(11-12-7-6-10-17-15(12)20-2)14-9-5-4-8-13(14)16(19)21-3/h4-10H,11H2,1-3H3. The summed E-state index contributed by atoms with van der Waals surface area (Å²) in [6, 6.07) is 11.1. The van der Waals surface area contributed by atoms with Gasteiger partial charge in [-0.1, -0.05) is 18.2 Å². The molecule has 0 bridgehead atoms. The maximum Gasteiger partial charge on any atom is 0.339 e. The van der Waals surface area contributed by atoms with Gasteiger partial charge in [-0.2, -0.15) is 0 Å². The van der Waals surface area contributed by atoms with Crippen molar-refractivity contribution >= 4 is 11.7 Å².